The number of hydrazone groups is 1. The van der Waals surface area contributed by atoms with Crippen LogP contribution in [0.3, 0.4) is 0 Å². The molecule has 0 aliphatic carbocycles. The fraction of sp³-hybridized carbons (Fsp3) is 0.217. The summed E-state index contributed by atoms with van der Waals surface area (Å²) in [5, 5.41) is 5.09. The monoisotopic (exact) mass is 516 g/mol. The number of benzene rings is 2. The first-order valence-corrected chi connectivity index (χ1v) is 11.1. The van der Waals surface area contributed by atoms with Crippen molar-refractivity contribution in [2.45, 2.75) is 6.54 Å². The van der Waals surface area contributed by atoms with Gasteiger partial charge in [-0.05, 0) is 29.8 Å². The number of fused-ring (bicyclic) bond motifs is 1. The van der Waals surface area contributed by atoms with E-state index in [1.54, 1.807) is 68.4 Å². The van der Waals surface area contributed by atoms with E-state index in [-0.39, 0.29) is 23.7 Å². The number of imidazole rings is 1. The summed E-state index contributed by atoms with van der Waals surface area (Å²) in [6.45, 7) is 0.227. The van der Waals surface area contributed by atoms with Crippen LogP contribution in [0.15, 0.2) is 51.1 Å². The molecule has 182 valence electrons. The number of nitrogens with one attached hydrogen (secondary N) is 1. The standard InChI is InChI=1S/C23H22Cl2N6O4/c1-29-20-19(21(32)30(2)23(29)33)31(12-13-5-8-16(24)17(25)9-13)22(27-20)28-26-11-14-6-7-15(34-3)10-18(14)35-4/h5-11H,12H2,1-4H3,(H,27,28)/b26-11+. The van der Waals surface area contributed by atoms with E-state index in [1.807, 2.05) is 0 Å². The van der Waals surface area contributed by atoms with Gasteiger partial charge in [-0.2, -0.15) is 10.1 Å². The van der Waals surface area contributed by atoms with E-state index < -0.39 is 11.2 Å². The summed E-state index contributed by atoms with van der Waals surface area (Å²) in [5.74, 6) is 1.47. The molecule has 35 heavy (non-hydrogen) atoms. The predicted octanol–water partition coefficient (Wildman–Crippen LogP) is 3.25. The summed E-state index contributed by atoms with van der Waals surface area (Å²) in [6, 6.07) is 10.5. The summed E-state index contributed by atoms with van der Waals surface area (Å²) in [4.78, 5) is 30.0. The minimum atomic E-state index is -0.486. The van der Waals surface area contributed by atoms with Crippen molar-refractivity contribution in [3.8, 4) is 11.5 Å². The second-order valence-electron chi connectivity index (χ2n) is 7.63. The van der Waals surface area contributed by atoms with Gasteiger partial charge in [0.05, 0.1) is 37.0 Å². The van der Waals surface area contributed by atoms with Gasteiger partial charge in [-0.1, -0.05) is 29.3 Å². The third-order valence-corrected chi connectivity index (χ3v) is 6.22. The molecule has 0 bridgehead atoms. The molecule has 4 aromatic rings. The Hall–Kier alpha value is -3.76. The van der Waals surface area contributed by atoms with Crippen LogP contribution in [0.2, 0.25) is 10.0 Å². The molecule has 0 unspecified atom stereocenters. The normalized spacial score (nSPS) is 11.4. The molecule has 4 rings (SSSR count). The topological polar surface area (TPSA) is 105 Å². The lowest BCUT2D eigenvalue weighted by atomic mass is 10.2. The Labute approximate surface area is 209 Å². The van der Waals surface area contributed by atoms with E-state index in [1.165, 1.54) is 11.6 Å². The number of halogens is 2. The van der Waals surface area contributed by atoms with Crippen LogP contribution in [0.25, 0.3) is 11.2 Å². The Kier molecular flexibility index (Phi) is 6.86. The fourth-order valence-electron chi connectivity index (χ4n) is 3.59. The summed E-state index contributed by atoms with van der Waals surface area (Å²) in [7, 11) is 6.09. The SMILES string of the molecule is COc1ccc(/C=N/Nc2nc3c(c(=O)n(C)c(=O)n3C)n2Cc2ccc(Cl)c(Cl)c2)c(OC)c1. The summed E-state index contributed by atoms with van der Waals surface area (Å²) in [5.41, 5.74) is 3.84. The Morgan fingerprint density at radius 2 is 1.80 bits per heavy atom. The number of rotatable bonds is 7. The Balaban J connectivity index is 1.80. The van der Waals surface area contributed by atoms with E-state index in [4.69, 9.17) is 32.7 Å². The number of nitrogens with zero attached hydrogens (tertiary/aromatic N) is 5. The van der Waals surface area contributed by atoms with Gasteiger partial charge in [0.2, 0.25) is 5.95 Å². The van der Waals surface area contributed by atoms with Gasteiger partial charge < -0.3 is 9.47 Å². The van der Waals surface area contributed by atoms with E-state index in [9.17, 15) is 9.59 Å². The highest BCUT2D eigenvalue weighted by Gasteiger charge is 2.19. The first-order chi connectivity index (χ1) is 16.7. The van der Waals surface area contributed by atoms with Gasteiger partial charge in [-0.25, -0.2) is 10.2 Å². The smallest absolute Gasteiger partial charge is 0.332 e. The molecule has 10 nitrogen and oxygen atoms in total. The van der Waals surface area contributed by atoms with Gasteiger partial charge in [0.25, 0.3) is 5.56 Å². The summed E-state index contributed by atoms with van der Waals surface area (Å²) >= 11 is 12.2. The highest BCUT2D eigenvalue weighted by molar-refractivity contribution is 6.42. The number of aromatic nitrogens is 4. The zero-order valence-corrected chi connectivity index (χ0v) is 20.9. The largest absolute Gasteiger partial charge is 0.497 e. The molecule has 0 fully saturated rings. The van der Waals surface area contributed by atoms with Gasteiger partial charge in [-0.3, -0.25) is 18.5 Å². The van der Waals surface area contributed by atoms with Gasteiger partial charge in [0, 0.05) is 25.7 Å². The van der Waals surface area contributed by atoms with E-state index >= 15 is 0 Å². The number of ether oxygens (including phenoxy) is 2. The van der Waals surface area contributed by atoms with Crippen LogP contribution in [0.4, 0.5) is 5.95 Å². The van der Waals surface area contributed by atoms with Crippen LogP contribution in [-0.4, -0.2) is 39.1 Å². The molecule has 0 atom stereocenters. The van der Waals surface area contributed by atoms with Crippen molar-refractivity contribution in [3.63, 3.8) is 0 Å². The number of anilines is 1. The third kappa shape index (κ3) is 4.62. The minimum absolute atomic E-state index is 0.220. The molecule has 0 amide bonds. The van der Waals surface area contributed by atoms with Crippen molar-refractivity contribution in [3.05, 3.63) is 78.4 Å². The Bertz CT molecular complexity index is 1570. The Morgan fingerprint density at radius 1 is 1.03 bits per heavy atom. The first-order valence-electron chi connectivity index (χ1n) is 10.4. The molecule has 12 heteroatoms. The fourth-order valence-corrected chi connectivity index (χ4v) is 3.91. The molecule has 0 aliphatic rings. The molecule has 0 aliphatic heterocycles. The van der Waals surface area contributed by atoms with E-state index in [0.717, 1.165) is 10.1 Å². The van der Waals surface area contributed by atoms with E-state index in [0.29, 0.717) is 27.1 Å². The number of hydrogen-bond acceptors (Lipinski definition) is 7. The zero-order valence-electron chi connectivity index (χ0n) is 19.4. The van der Waals surface area contributed by atoms with Crippen LogP contribution < -0.4 is 26.1 Å². The quantitative estimate of drug-likeness (QED) is 0.298. The van der Waals surface area contributed by atoms with Crippen molar-refractivity contribution in [2.24, 2.45) is 19.2 Å². The predicted molar refractivity (Wildman–Crippen MR) is 137 cm³/mol. The maximum Gasteiger partial charge on any atom is 0.332 e. The number of hydrogen-bond donors (Lipinski definition) is 1. The summed E-state index contributed by atoms with van der Waals surface area (Å²) < 4.78 is 14.6. The van der Waals surface area contributed by atoms with Gasteiger partial charge >= 0.3 is 5.69 Å². The molecular weight excluding hydrogens is 495 g/mol. The van der Waals surface area contributed by atoms with Gasteiger partial charge in [0.1, 0.15) is 11.5 Å². The first kappa shape index (κ1) is 24.4. The van der Waals surface area contributed by atoms with Crippen LogP contribution in [0, 0.1) is 0 Å². The molecular formula is C23H22Cl2N6O4. The molecule has 0 spiro atoms. The zero-order chi connectivity index (χ0) is 25.3. The van der Waals surface area contributed by atoms with Crippen molar-refractivity contribution in [1.82, 2.24) is 18.7 Å². The molecule has 1 N–H and O–H groups in total. The van der Waals surface area contributed by atoms with Gasteiger partial charge in [0.15, 0.2) is 11.2 Å². The lowest BCUT2D eigenvalue weighted by Gasteiger charge is -2.10. The maximum atomic E-state index is 13.0. The number of aryl methyl sites for hydroxylation is 1. The van der Waals surface area contributed by atoms with Crippen LogP contribution >= 0.6 is 23.2 Å². The lowest BCUT2D eigenvalue weighted by Crippen LogP contribution is -2.37. The van der Waals surface area contributed by atoms with Crippen molar-refractivity contribution < 1.29 is 9.47 Å². The van der Waals surface area contributed by atoms with Crippen LogP contribution in [-0.2, 0) is 20.6 Å². The van der Waals surface area contributed by atoms with E-state index in [2.05, 4.69) is 15.5 Å². The van der Waals surface area contributed by atoms with Gasteiger partial charge in [-0.15, -0.1) is 0 Å². The van der Waals surface area contributed by atoms with Crippen LogP contribution in [0.5, 0.6) is 11.5 Å². The molecule has 0 radical (unpaired) electrons. The van der Waals surface area contributed by atoms with Crippen molar-refractivity contribution in [1.29, 1.82) is 0 Å². The molecule has 2 aromatic heterocycles. The highest BCUT2D eigenvalue weighted by atomic mass is 35.5. The molecule has 0 saturated carbocycles. The molecule has 2 heterocycles. The lowest BCUT2D eigenvalue weighted by molar-refractivity contribution is 0.394. The van der Waals surface area contributed by atoms with Crippen LogP contribution in [0.1, 0.15) is 11.1 Å². The minimum Gasteiger partial charge on any atom is -0.497 e. The summed E-state index contributed by atoms with van der Waals surface area (Å²) in [6.07, 6.45) is 1.55. The highest BCUT2D eigenvalue weighted by Crippen LogP contribution is 2.25. The Morgan fingerprint density at radius 3 is 2.49 bits per heavy atom. The average molecular weight is 517 g/mol. The average Bonchev–Trinajstić information content (AvgIpc) is 3.21. The number of methoxy groups -OCH3 is 2. The maximum absolute atomic E-state index is 13.0. The van der Waals surface area contributed by atoms with Crippen molar-refractivity contribution in [2.75, 3.05) is 19.6 Å². The third-order valence-electron chi connectivity index (χ3n) is 5.48. The second-order valence-corrected chi connectivity index (χ2v) is 8.44. The molecule has 2 aromatic carbocycles. The second kappa shape index (κ2) is 9.85. The molecule has 0 saturated heterocycles. The van der Waals surface area contributed by atoms with Crippen molar-refractivity contribution >= 4 is 46.5 Å².